The molecule has 0 aliphatic heterocycles. The van der Waals surface area contributed by atoms with E-state index in [1.165, 1.54) is 0 Å². The summed E-state index contributed by atoms with van der Waals surface area (Å²) in [6.45, 7) is -0.558. The molecule has 1 aliphatic rings. The van der Waals surface area contributed by atoms with Gasteiger partial charge < -0.3 is 10.6 Å². The molecular formula is C25H18Cl3F9N2O2. The quantitative estimate of drug-likeness (QED) is 0.222. The van der Waals surface area contributed by atoms with Gasteiger partial charge in [0, 0.05) is 12.5 Å². The van der Waals surface area contributed by atoms with E-state index < -0.39 is 76.2 Å². The van der Waals surface area contributed by atoms with E-state index in [2.05, 4.69) is 5.32 Å². The third-order valence-electron chi connectivity index (χ3n) is 5.97. The Bertz CT molecular complexity index is 1360. The second-order valence-corrected chi connectivity index (χ2v) is 10.6. The zero-order valence-corrected chi connectivity index (χ0v) is 22.8. The lowest BCUT2D eigenvalue weighted by atomic mass is 9.95. The molecule has 1 saturated carbocycles. The molecule has 0 aromatic heterocycles. The van der Waals surface area contributed by atoms with Crippen molar-refractivity contribution in [1.82, 2.24) is 10.6 Å². The smallest absolute Gasteiger partial charge is 0.348 e. The van der Waals surface area contributed by atoms with Crippen LogP contribution in [0.4, 0.5) is 39.5 Å². The number of hydrogen-bond donors (Lipinski definition) is 2. The predicted octanol–water partition coefficient (Wildman–Crippen LogP) is 8.36. The van der Waals surface area contributed by atoms with Gasteiger partial charge >= 0.3 is 12.4 Å². The monoisotopic (exact) mass is 654 g/mol. The molecule has 2 N–H and O–H groups in total. The highest BCUT2D eigenvalue weighted by Crippen LogP contribution is 2.43. The second-order valence-electron chi connectivity index (χ2n) is 9.38. The van der Waals surface area contributed by atoms with Gasteiger partial charge in [-0.1, -0.05) is 40.9 Å². The molecule has 1 atom stereocenters. The molecule has 0 heterocycles. The number of hydrogen-bond acceptors (Lipinski definition) is 2. The van der Waals surface area contributed by atoms with Crippen molar-refractivity contribution in [1.29, 1.82) is 0 Å². The second kappa shape index (κ2) is 11.6. The molecular weight excluding hydrogens is 638 g/mol. The topological polar surface area (TPSA) is 58.2 Å². The van der Waals surface area contributed by atoms with E-state index >= 15 is 4.39 Å². The molecule has 0 saturated heterocycles. The lowest BCUT2D eigenvalue weighted by molar-refractivity contribution is -0.140. The van der Waals surface area contributed by atoms with E-state index in [1.807, 2.05) is 5.32 Å². The summed E-state index contributed by atoms with van der Waals surface area (Å²) in [5, 5.41) is 2.97. The Morgan fingerprint density at radius 2 is 1.54 bits per heavy atom. The van der Waals surface area contributed by atoms with Crippen molar-refractivity contribution in [2.45, 2.75) is 49.5 Å². The molecule has 2 aromatic carbocycles. The number of nitrogens with one attached hydrogen (secondary N) is 2. The van der Waals surface area contributed by atoms with Crippen LogP contribution in [0, 0.1) is 0 Å². The maximum Gasteiger partial charge on any atom is 0.417 e. The van der Waals surface area contributed by atoms with E-state index in [0.29, 0.717) is 19.1 Å². The molecule has 1 fully saturated rings. The third kappa shape index (κ3) is 8.01. The maximum absolute atomic E-state index is 15.0. The first-order valence-electron chi connectivity index (χ1n) is 11.4. The fraction of sp³-hybridized carbons (Fsp3) is 0.360. The highest BCUT2D eigenvalue weighted by Gasteiger charge is 2.52. The average molecular weight is 656 g/mol. The van der Waals surface area contributed by atoms with E-state index in [0.717, 1.165) is 12.1 Å². The number of rotatable bonds is 8. The van der Waals surface area contributed by atoms with Crippen LogP contribution in [0.3, 0.4) is 0 Å². The third-order valence-corrected chi connectivity index (χ3v) is 7.17. The highest BCUT2D eigenvalue weighted by atomic mass is 35.5. The summed E-state index contributed by atoms with van der Waals surface area (Å²) in [7, 11) is 0. The Balaban J connectivity index is 1.96. The van der Waals surface area contributed by atoms with Crippen molar-refractivity contribution in [2.75, 3.05) is 6.54 Å². The SMILES string of the molecule is CC(F)(F)CNC(=O)C1(NC(=O)c2ccc(C(F)=CC(c3cc(Cl)c(Cl)c(Cl)c3)C(F)(F)F)cc2C(F)(F)F)CC1. The Morgan fingerprint density at radius 3 is 2.00 bits per heavy atom. The van der Waals surface area contributed by atoms with E-state index in [1.54, 1.807) is 0 Å². The molecule has 0 bridgehead atoms. The maximum atomic E-state index is 15.0. The fourth-order valence-corrected chi connectivity index (χ4v) is 4.34. The normalized spacial score (nSPS) is 16.3. The molecule has 41 heavy (non-hydrogen) atoms. The Hall–Kier alpha value is -2.64. The van der Waals surface area contributed by atoms with Crippen LogP contribution in [-0.2, 0) is 11.0 Å². The predicted molar refractivity (Wildman–Crippen MR) is 134 cm³/mol. The number of benzene rings is 2. The number of allylic oxidation sites excluding steroid dienone is 1. The molecule has 1 unspecified atom stereocenters. The summed E-state index contributed by atoms with van der Waals surface area (Å²) >= 11 is 17.3. The van der Waals surface area contributed by atoms with Crippen LogP contribution in [0.2, 0.25) is 15.1 Å². The van der Waals surface area contributed by atoms with E-state index in [9.17, 15) is 44.7 Å². The molecule has 2 amide bonds. The number of carbonyl (C=O) groups is 2. The summed E-state index contributed by atoms with van der Waals surface area (Å²) in [5.74, 6) is -10.2. The number of halogens is 12. The van der Waals surface area contributed by atoms with Crippen LogP contribution < -0.4 is 10.6 Å². The first-order chi connectivity index (χ1) is 18.6. The molecule has 2 aromatic rings. The fourth-order valence-electron chi connectivity index (χ4n) is 3.73. The molecule has 3 rings (SSSR count). The minimum absolute atomic E-state index is 0.0121. The van der Waals surface area contributed by atoms with Crippen LogP contribution in [-0.4, -0.2) is 36.0 Å². The van der Waals surface area contributed by atoms with Crippen molar-refractivity contribution < 1.29 is 49.1 Å². The zero-order chi connectivity index (χ0) is 31.1. The molecule has 16 heteroatoms. The molecule has 0 radical (unpaired) electrons. The lowest BCUT2D eigenvalue weighted by Crippen LogP contribution is -2.51. The van der Waals surface area contributed by atoms with Gasteiger partial charge in [-0.2, -0.15) is 26.3 Å². The van der Waals surface area contributed by atoms with Crippen molar-refractivity contribution >= 4 is 52.4 Å². The minimum Gasteiger partial charge on any atom is -0.348 e. The van der Waals surface area contributed by atoms with Gasteiger partial charge in [-0.3, -0.25) is 9.59 Å². The van der Waals surface area contributed by atoms with Gasteiger partial charge in [0.1, 0.15) is 17.3 Å². The van der Waals surface area contributed by atoms with Gasteiger partial charge in [-0.25, -0.2) is 13.2 Å². The van der Waals surface area contributed by atoms with Crippen molar-refractivity contribution in [2.24, 2.45) is 0 Å². The van der Waals surface area contributed by atoms with Crippen LogP contribution in [0.5, 0.6) is 0 Å². The first kappa shape index (κ1) is 32.9. The van der Waals surface area contributed by atoms with Crippen LogP contribution in [0.1, 0.15) is 52.7 Å². The van der Waals surface area contributed by atoms with Gasteiger partial charge in [0.05, 0.1) is 32.7 Å². The van der Waals surface area contributed by atoms with E-state index in [-0.39, 0.29) is 40.1 Å². The number of carbonyl (C=O) groups excluding carboxylic acids is 2. The van der Waals surface area contributed by atoms with Gasteiger partial charge in [0.2, 0.25) is 5.91 Å². The minimum atomic E-state index is -5.28. The lowest BCUT2D eigenvalue weighted by Gasteiger charge is -2.21. The summed E-state index contributed by atoms with van der Waals surface area (Å²) < 4.78 is 124. The molecule has 1 aliphatic carbocycles. The first-order valence-corrected chi connectivity index (χ1v) is 12.6. The van der Waals surface area contributed by atoms with E-state index in [4.69, 9.17) is 34.8 Å². The summed E-state index contributed by atoms with van der Waals surface area (Å²) in [4.78, 5) is 25.0. The number of alkyl halides is 8. The van der Waals surface area contributed by atoms with Crippen LogP contribution in [0.25, 0.3) is 5.83 Å². The summed E-state index contributed by atoms with van der Waals surface area (Å²) in [5.41, 5.74) is -6.10. The molecule has 4 nitrogen and oxygen atoms in total. The van der Waals surface area contributed by atoms with Crippen molar-refractivity contribution in [3.63, 3.8) is 0 Å². The van der Waals surface area contributed by atoms with Crippen LogP contribution >= 0.6 is 34.8 Å². The van der Waals surface area contributed by atoms with Crippen molar-refractivity contribution in [3.05, 3.63) is 73.7 Å². The van der Waals surface area contributed by atoms with Gasteiger partial charge in [0.15, 0.2) is 0 Å². The zero-order valence-electron chi connectivity index (χ0n) is 20.5. The standard InChI is InChI=1S/C25H18Cl3F9N2O2/c1-22(30,31)10-38-21(41)23(4-5-23)39-20(40)13-3-2-11(6-15(13)25(35,36)37)18(29)9-14(24(32,33)34)12-7-16(26)19(28)17(27)8-12/h2-3,6-9,14H,4-5,10H2,1H3,(H,38,41)(H,39,40). The molecule has 224 valence electrons. The van der Waals surface area contributed by atoms with Crippen molar-refractivity contribution in [3.8, 4) is 0 Å². The highest BCUT2D eigenvalue weighted by molar-refractivity contribution is 6.48. The van der Waals surface area contributed by atoms with Gasteiger partial charge in [-0.15, -0.1) is 0 Å². The molecule has 0 spiro atoms. The largest absolute Gasteiger partial charge is 0.417 e. The Labute approximate surface area is 241 Å². The summed E-state index contributed by atoms with van der Waals surface area (Å²) in [6.07, 6.45) is -10.5. The van der Waals surface area contributed by atoms with Gasteiger partial charge in [0.25, 0.3) is 11.8 Å². The van der Waals surface area contributed by atoms with Crippen LogP contribution in [0.15, 0.2) is 36.4 Å². The van der Waals surface area contributed by atoms with Gasteiger partial charge in [-0.05, 0) is 48.7 Å². The number of amides is 2. The Kier molecular flexibility index (Phi) is 9.27. The summed E-state index contributed by atoms with van der Waals surface area (Å²) in [6, 6.07) is 2.85. The average Bonchev–Trinajstić information content (AvgIpc) is 3.62. The Morgan fingerprint density at radius 1 is 0.976 bits per heavy atom.